The summed E-state index contributed by atoms with van der Waals surface area (Å²) in [6.45, 7) is 2.58. The fourth-order valence-electron chi connectivity index (χ4n) is 1.54. The molecule has 0 saturated heterocycles. The van der Waals surface area contributed by atoms with E-state index in [0.717, 1.165) is 4.31 Å². The molecule has 1 N–H and O–H groups in total. The zero-order valence-electron chi connectivity index (χ0n) is 11.2. The van der Waals surface area contributed by atoms with Gasteiger partial charge in [0.05, 0.1) is 24.3 Å². The Morgan fingerprint density at radius 3 is 2.50 bits per heavy atom. The molecule has 2 aromatic heterocycles. The summed E-state index contributed by atoms with van der Waals surface area (Å²) in [6.07, 6.45) is 5.63. The molecule has 0 spiro atoms. The van der Waals surface area contributed by atoms with Gasteiger partial charge in [-0.2, -0.15) is 0 Å². The van der Waals surface area contributed by atoms with E-state index >= 15 is 0 Å². The summed E-state index contributed by atoms with van der Waals surface area (Å²) in [4.78, 5) is 11.9. The van der Waals surface area contributed by atoms with Crippen LogP contribution in [0.2, 0.25) is 0 Å². The quantitative estimate of drug-likeness (QED) is 0.889. The van der Waals surface area contributed by atoms with Gasteiger partial charge in [0, 0.05) is 19.8 Å². The Kier molecular flexibility index (Phi) is 4.14. The third-order valence-corrected chi connectivity index (χ3v) is 4.37. The number of nitrogens with zero attached hydrogens (tertiary/aromatic N) is 4. The van der Waals surface area contributed by atoms with Gasteiger partial charge in [-0.3, -0.25) is 9.29 Å². The van der Waals surface area contributed by atoms with E-state index in [1.807, 2.05) is 6.92 Å². The summed E-state index contributed by atoms with van der Waals surface area (Å²) >= 11 is 0. The SMILES string of the molecule is CCNc1ncc(S(=O)(=O)N(C)c2cccnc2)cn1. The average molecular weight is 293 g/mol. The first-order valence-electron chi connectivity index (χ1n) is 6.00. The van der Waals surface area contributed by atoms with Gasteiger partial charge >= 0.3 is 0 Å². The molecule has 0 atom stereocenters. The van der Waals surface area contributed by atoms with Crippen molar-refractivity contribution < 1.29 is 8.42 Å². The first kappa shape index (κ1) is 14.2. The van der Waals surface area contributed by atoms with Crippen LogP contribution in [-0.4, -0.2) is 37.0 Å². The lowest BCUT2D eigenvalue weighted by atomic mass is 10.4. The normalized spacial score (nSPS) is 11.1. The van der Waals surface area contributed by atoms with E-state index in [1.54, 1.807) is 18.3 Å². The maximum Gasteiger partial charge on any atom is 0.267 e. The number of sulfonamides is 1. The minimum atomic E-state index is -3.68. The number of hydrogen-bond acceptors (Lipinski definition) is 6. The van der Waals surface area contributed by atoms with Gasteiger partial charge in [0.2, 0.25) is 5.95 Å². The lowest BCUT2D eigenvalue weighted by Gasteiger charge is -2.18. The van der Waals surface area contributed by atoms with E-state index < -0.39 is 10.0 Å². The van der Waals surface area contributed by atoms with Crippen molar-refractivity contribution in [2.24, 2.45) is 0 Å². The van der Waals surface area contributed by atoms with E-state index in [4.69, 9.17) is 0 Å². The monoisotopic (exact) mass is 293 g/mol. The Hall–Kier alpha value is -2.22. The second-order valence-corrected chi connectivity index (χ2v) is 5.93. The number of hydrogen-bond donors (Lipinski definition) is 1. The molecule has 2 heterocycles. The molecule has 106 valence electrons. The second kappa shape index (κ2) is 5.83. The van der Waals surface area contributed by atoms with Crippen LogP contribution in [-0.2, 0) is 10.0 Å². The van der Waals surface area contributed by atoms with Crippen molar-refractivity contribution >= 4 is 21.7 Å². The molecule has 0 aliphatic heterocycles. The molecule has 0 aliphatic rings. The van der Waals surface area contributed by atoms with Crippen molar-refractivity contribution in [3.63, 3.8) is 0 Å². The molecule has 0 aliphatic carbocycles. The van der Waals surface area contributed by atoms with Crippen LogP contribution in [0.5, 0.6) is 0 Å². The van der Waals surface area contributed by atoms with Gasteiger partial charge in [0.1, 0.15) is 4.90 Å². The van der Waals surface area contributed by atoms with E-state index in [1.165, 1.54) is 25.6 Å². The molecule has 0 fully saturated rings. The predicted octanol–water partition coefficient (Wildman–Crippen LogP) is 1.13. The first-order valence-corrected chi connectivity index (χ1v) is 7.44. The second-order valence-electron chi connectivity index (χ2n) is 3.96. The van der Waals surface area contributed by atoms with Gasteiger partial charge in [-0.25, -0.2) is 18.4 Å². The molecule has 0 unspecified atom stereocenters. The Labute approximate surface area is 117 Å². The lowest BCUT2D eigenvalue weighted by Crippen LogP contribution is -2.27. The van der Waals surface area contributed by atoms with Crippen LogP contribution >= 0.6 is 0 Å². The van der Waals surface area contributed by atoms with Gasteiger partial charge in [-0.15, -0.1) is 0 Å². The number of aromatic nitrogens is 3. The van der Waals surface area contributed by atoms with Crippen LogP contribution in [0.3, 0.4) is 0 Å². The Morgan fingerprint density at radius 1 is 1.25 bits per heavy atom. The van der Waals surface area contributed by atoms with Crippen molar-refractivity contribution in [1.29, 1.82) is 0 Å². The van der Waals surface area contributed by atoms with E-state index in [9.17, 15) is 8.42 Å². The first-order chi connectivity index (χ1) is 9.55. The molecule has 0 aromatic carbocycles. The van der Waals surface area contributed by atoms with Crippen molar-refractivity contribution in [1.82, 2.24) is 15.0 Å². The van der Waals surface area contributed by atoms with Crippen LogP contribution < -0.4 is 9.62 Å². The van der Waals surface area contributed by atoms with E-state index in [2.05, 4.69) is 20.3 Å². The Balaban J connectivity index is 2.30. The highest BCUT2D eigenvalue weighted by Gasteiger charge is 2.22. The third-order valence-electron chi connectivity index (χ3n) is 2.63. The molecule has 7 nitrogen and oxygen atoms in total. The topological polar surface area (TPSA) is 88.1 Å². The highest BCUT2D eigenvalue weighted by molar-refractivity contribution is 7.92. The molecule has 20 heavy (non-hydrogen) atoms. The van der Waals surface area contributed by atoms with Crippen molar-refractivity contribution in [2.75, 3.05) is 23.2 Å². The molecule has 0 amide bonds. The van der Waals surface area contributed by atoms with Crippen LogP contribution in [0, 0.1) is 0 Å². The van der Waals surface area contributed by atoms with Crippen LogP contribution in [0.25, 0.3) is 0 Å². The molecule has 0 radical (unpaired) electrons. The molecule has 8 heteroatoms. The molecule has 2 aromatic rings. The fourth-order valence-corrected chi connectivity index (χ4v) is 2.61. The minimum Gasteiger partial charge on any atom is -0.355 e. The molecule has 2 rings (SSSR count). The summed E-state index contributed by atoms with van der Waals surface area (Å²) in [5, 5.41) is 2.91. The van der Waals surface area contributed by atoms with Gasteiger partial charge < -0.3 is 5.32 Å². The fraction of sp³-hybridized carbons (Fsp3) is 0.250. The van der Waals surface area contributed by atoms with E-state index in [-0.39, 0.29) is 4.90 Å². The maximum absolute atomic E-state index is 12.4. The van der Waals surface area contributed by atoms with Gasteiger partial charge in [0.25, 0.3) is 10.0 Å². The zero-order valence-corrected chi connectivity index (χ0v) is 12.0. The summed E-state index contributed by atoms with van der Waals surface area (Å²) in [5.74, 6) is 0.399. The molecule has 0 saturated carbocycles. The minimum absolute atomic E-state index is 0.0329. The highest BCUT2D eigenvalue weighted by atomic mass is 32.2. The molecular formula is C12H15N5O2S. The van der Waals surface area contributed by atoms with Gasteiger partial charge in [0.15, 0.2) is 0 Å². The van der Waals surface area contributed by atoms with Crippen molar-refractivity contribution in [2.45, 2.75) is 11.8 Å². The number of nitrogens with one attached hydrogen (secondary N) is 1. The third kappa shape index (κ3) is 2.85. The average Bonchev–Trinajstić information content (AvgIpc) is 2.48. The largest absolute Gasteiger partial charge is 0.355 e. The van der Waals surface area contributed by atoms with Crippen molar-refractivity contribution in [3.8, 4) is 0 Å². The molecule has 0 bridgehead atoms. The van der Waals surface area contributed by atoms with Crippen molar-refractivity contribution in [3.05, 3.63) is 36.9 Å². The lowest BCUT2D eigenvalue weighted by molar-refractivity contribution is 0.593. The zero-order chi connectivity index (χ0) is 14.6. The summed E-state index contributed by atoms with van der Waals surface area (Å²) in [7, 11) is -2.22. The van der Waals surface area contributed by atoms with Crippen LogP contribution in [0.1, 0.15) is 6.92 Å². The van der Waals surface area contributed by atoms with E-state index in [0.29, 0.717) is 18.2 Å². The summed E-state index contributed by atoms with van der Waals surface area (Å²) in [6, 6.07) is 3.34. The summed E-state index contributed by atoms with van der Waals surface area (Å²) < 4.78 is 25.9. The predicted molar refractivity (Wildman–Crippen MR) is 76.0 cm³/mol. The highest BCUT2D eigenvalue weighted by Crippen LogP contribution is 2.20. The van der Waals surface area contributed by atoms with Crippen LogP contribution in [0.4, 0.5) is 11.6 Å². The standard InChI is InChI=1S/C12H15N5O2S/c1-3-14-12-15-8-11(9-16-12)20(18,19)17(2)10-5-4-6-13-7-10/h4-9H,3H2,1-2H3,(H,14,15,16). The Morgan fingerprint density at radius 2 is 1.95 bits per heavy atom. The summed E-state index contributed by atoms with van der Waals surface area (Å²) in [5.41, 5.74) is 0.475. The smallest absolute Gasteiger partial charge is 0.267 e. The van der Waals surface area contributed by atoms with Gasteiger partial charge in [-0.1, -0.05) is 0 Å². The van der Waals surface area contributed by atoms with Crippen LogP contribution in [0.15, 0.2) is 41.8 Å². The maximum atomic E-state index is 12.4. The number of rotatable bonds is 5. The number of anilines is 2. The number of pyridine rings is 1. The molecular weight excluding hydrogens is 278 g/mol. The van der Waals surface area contributed by atoms with Gasteiger partial charge in [-0.05, 0) is 19.1 Å². The Bertz CT molecular complexity index is 658.